The summed E-state index contributed by atoms with van der Waals surface area (Å²) in [6.45, 7) is 5.92. The van der Waals surface area contributed by atoms with Crippen molar-refractivity contribution in [2.75, 3.05) is 20.8 Å². The number of hydrogen-bond acceptors (Lipinski definition) is 7. The molecule has 0 aliphatic heterocycles. The monoisotopic (exact) mass is 424 g/mol. The first-order chi connectivity index (χ1) is 14.8. The van der Waals surface area contributed by atoms with Gasteiger partial charge in [0, 0.05) is 5.92 Å². The lowest BCUT2D eigenvalue weighted by atomic mass is 9.88. The third kappa shape index (κ3) is 4.71. The van der Waals surface area contributed by atoms with Gasteiger partial charge in [0.05, 0.1) is 31.6 Å². The number of esters is 1. The minimum Gasteiger partial charge on any atom is -0.507 e. The molecule has 1 atom stereocenters. The first kappa shape index (κ1) is 22.0. The summed E-state index contributed by atoms with van der Waals surface area (Å²) in [4.78, 5) is 25.0. The smallest absolute Gasteiger partial charge is 0.343 e. The molecule has 31 heavy (non-hydrogen) atoms. The van der Waals surface area contributed by atoms with Crippen molar-refractivity contribution in [1.82, 2.24) is 0 Å². The van der Waals surface area contributed by atoms with Crippen LogP contribution < -0.4 is 15.1 Å². The normalized spacial score (nSPS) is 11.7. The third-order valence-corrected chi connectivity index (χ3v) is 4.83. The zero-order valence-electron chi connectivity index (χ0n) is 17.6. The van der Waals surface area contributed by atoms with Crippen LogP contribution in [0, 0.1) is 0 Å². The average Bonchev–Trinajstić information content (AvgIpc) is 2.76. The summed E-state index contributed by atoms with van der Waals surface area (Å²) < 4.78 is 21.4. The number of fused-ring (bicyclic) bond motifs is 1. The van der Waals surface area contributed by atoms with Crippen molar-refractivity contribution in [2.24, 2.45) is 0 Å². The Bertz CT molecular complexity index is 1180. The molecule has 0 spiro atoms. The number of benzene rings is 2. The molecular formula is C24H24O7. The summed E-state index contributed by atoms with van der Waals surface area (Å²) in [6, 6.07) is 11.7. The van der Waals surface area contributed by atoms with Crippen molar-refractivity contribution in [3.63, 3.8) is 0 Å². The fourth-order valence-electron chi connectivity index (χ4n) is 3.32. The highest BCUT2D eigenvalue weighted by atomic mass is 16.5. The number of ether oxygens (including phenoxy) is 3. The molecule has 1 heterocycles. The Labute approximate surface area is 179 Å². The molecule has 7 heteroatoms. The van der Waals surface area contributed by atoms with Gasteiger partial charge in [0.15, 0.2) is 11.5 Å². The summed E-state index contributed by atoms with van der Waals surface area (Å²) in [5, 5.41) is 11.3. The molecule has 0 aliphatic carbocycles. The molecule has 3 aromatic rings. The van der Waals surface area contributed by atoms with E-state index in [4.69, 9.17) is 18.6 Å². The van der Waals surface area contributed by atoms with Gasteiger partial charge >= 0.3 is 11.6 Å². The van der Waals surface area contributed by atoms with E-state index in [2.05, 4.69) is 6.58 Å². The molecule has 0 amide bonds. The lowest BCUT2D eigenvalue weighted by Gasteiger charge is -2.19. The summed E-state index contributed by atoms with van der Waals surface area (Å²) >= 11 is 0. The molecule has 0 saturated carbocycles. The van der Waals surface area contributed by atoms with E-state index < -0.39 is 17.5 Å². The molecule has 1 aromatic heterocycles. The number of methoxy groups -OCH3 is 2. The number of rotatable bonds is 8. The van der Waals surface area contributed by atoms with Gasteiger partial charge in [-0.3, -0.25) is 4.79 Å². The topological polar surface area (TPSA) is 95.2 Å². The van der Waals surface area contributed by atoms with Crippen LogP contribution in [-0.2, 0) is 9.53 Å². The van der Waals surface area contributed by atoms with E-state index in [-0.39, 0.29) is 29.9 Å². The highest BCUT2D eigenvalue weighted by Crippen LogP contribution is 2.39. The molecule has 0 fully saturated rings. The number of carbonyl (C=O) groups excluding carboxylic acids is 1. The Kier molecular flexibility index (Phi) is 6.65. The van der Waals surface area contributed by atoms with Gasteiger partial charge in [0.2, 0.25) is 0 Å². The van der Waals surface area contributed by atoms with Crippen LogP contribution in [0.2, 0.25) is 0 Å². The van der Waals surface area contributed by atoms with E-state index in [0.717, 1.165) is 5.57 Å². The number of para-hydroxylation sites is 1. The Morgan fingerprint density at radius 3 is 2.58 bits per heavy atom. The lowest BCUT2D eigenvalue weighted by Crippen LogP contribution is -2.18. The zero-order valence-corrected chi connectivity index (χ0v) is 17.6. The Morgan fingerprint density at radius 1 is 1.16 bits per heavy atom. The van der Waals surface area contributed by atoms with E-state index in [1.54, 1.807) is 42.5 Å². The van der Waals surface area contributed by atoms with Gasteiger partial charge in [-0.2, -0.15) is 0 Å². The number of hydrogen-bond donors (Lipinski definition) is 1. The second kappa shape index (κ2) is 9.38. The van der Waals surface area contributed by atoms with Crippen molar-refractivity contribution < 1.29 is 28.5 Å². The standard InChI is InChI=1S/C24H24O7/c1-14(2)13-30-20-11-15(9-10-19(20)28-3)17(12-21(25)29-4)22-23(26)16-7-5-6-8-18(16)31-24(22)27/h5-11,17,26H,1,12-13H2,2-4H3/t17-/m0/s1. The summed E-state index contributed by atoms with van der Waals surface area (Å²) in [7, 11) is 2.77. The summed E-state index contributed by atoms with van der Waals surface area (Å²) in [6.07, 6.45) is -0.181. The van der Waals surface area contributed by atoms with Gasteiger partial charge in [-0.15, -0.1) is 0 Å². The maximum atomic E-state index is 12.8. The molecule has 7 nitrogen and oxygen atoms in total. The SMILES string of the molecule is C=C(C)COc1cc([C@H](CC(=O)OC)c2c(O)c3ccccc3oc2=O)ccc1OC. The second-order valence-corrected chi connectivity index (χ2v) is 7.14. The van der Waals surface area contributed by atoms with Crippen molar-refractivity contribution in [1.29, 1.82) is 0 Å². The Balaban J connectivity index is 2.18. The molecule has 0 bridgehead atoms. The minimum atomic E-state index is -0.827. The van der Waals surface area contributed by atoms with Crippen molar-refractivity contribution in [3.8, 4) is 17.2 Å². The fourth-order valence-corrected chi connectivity index (χ4v) is 3.32. The van der Waals surface area contributed by atoms with E-state index >= 15 is 0 Å². The summed E-state index contributed by atoms with van der Waals surface area (Å²) in [5.41, 5.74) is 0.864. The number of aromatic hydroxyl groups is 1. The van der Waals surface area contributed by atoms with Gasteiger partial charge < -0.3 is 23.7 Å². The molecule has 0 unspecified atom stereocenters. The predicted octanol–water partition coefficient (Wildman–Crippen LogP) is 4.16. The first-order valence-electron chi connectivity index (χ1n) is 9.62. The van der Waals surface area contributed by atoms with Crippen LogP contribution in [0.4, 0.5) is 0 Å². The highest BCUT2D eigenvalue weighted by Gasteiger charge is 2.28. The van der Waals surface area contributed by atoms with E-state index in [1.165, 1.54) is 14.2 Å². The van der Waals surface area contributed by atoms with Crippen LogP contribution in [0.15, 0.2) is 63.8 Å². The molecule has 162 valence electrons. The van der Waals surface area contributed by atoms with Crippen molar-refractivity contribution in [3.05, 3.63) is 76.2 Å². The van der Waals surface area contributed by atoms with Crippen LogP contribution in [-0.4, -0.2) is 31.9 Å². The molecule has 2 aromatic carbocycles. The van der Waals surface area contributed by atoms with Crippen molar-refractivity contribution >= 4 is 16.9 Å². The van der Waals surface area contributed by atoms with Crippen LogP contribution in [0.1, 0.15) is 30.4 Å². The minimum absolute atomic E-state index is 0.0277. The van der Waals surface area contributed by atoms with Crippen LogP contribution in [0.5, 0.6) is 17.2 Å². The largest absolute Gasteiger partial charge is 0.507 e. The molecule has 0 radical (unpaired) electrons. The summed E-state index contributed by atoms with van der Waals surface area (Å²) in [5.74, 6) is -0.705. The van der Waals surface area contributed by atoms with Gasteiger partial charge in [0.25, 0.3) is 0 Å². The van der Waals surface area contributed by atoms with E-state index in [9.17, 15) is 14.7 Å². The molecule has 3 rings (SSSR count). The predicted molar refractivity (Wildman–Crippen MR) is 116 cm³/mol. The van der Waals surface area contributed by atoms with Crippen molar-refractivity contribution in [2.45, 2.75) is 19.3 Å². The lowest BCUT2D eigenvalue weighted by molar-refractivity contribution is -0.140. The molecule has 0 aliphatic rings. The maximum Gasteiger partial charge on any atom is 0.343 e. The van der Waals surface area contributed by atoms with Crippen LogP contribution >= 0.6 is 0 Å². The Morgan fingerprint density at radius 2 is 1.90 bits per heavy atom. The molecule has 1 N–H and O–H groups in total. The Hall–Kier alpha value is -3.74. The first-order valence-corrected chi connectivity index (χ1v) is 9.62. The quantitative estimate of drug-likeness (QED) is 0.330. The maximum absolute atomic E-state index is 12.8. The second-order valence-electron chi connectivity index (χ2n) is 7.14. The average molecular weight is 424 g/mol. The molecule has 0 saturated heterocycles. The molecular weight excluding hydrogens is 400 g/mol. The van der Waals surface area contributed by atoms with Gasteiger partial charge in [-0.25, -0.2) is 4.79 Å². The van der Waals surface area contributed by atoms with Crippen LogP contribution in [0.3, 0.4) is 0 Å². The third-order valence-electron chi connectivity index (χ3n) is 4.83. The van der Waals surface area contributed by atoms with Gasteiger partial charge in [0.1, 0.15) is 17.9 Å². The van der Waals surface area contributed by atoms with Gasteiger partial charge in [-0.05, 0) is 42.3 Å². The van der Waals surface area contributed by atoms with Gasteiger partial charge in [-0.1, -0.05) is 24.8 Å². The highest BCUT2D eigenvalue weighted by molar-refractivity contribution is 5.84. The zero-order chi connectivity index (χ0) is 22.5. The fraction of sp³-hybridized carbons (Fsp3) is 0.250. The van der Waals surface area contributed by atoms with E-state index in [1.807, 2.05) is 6.92 Å². The van der Waals surface area contributed by atoms with E-state index in [0.29, 0.717) is 22.4 Å². The number of carbonyl (C=O) groups is 1. The van der Waals surface area contributed by atoms with Crippen LogP contribution in [0.25, 0.3) is 11.0 Å².